The van der Waals surface area contributed by atoms with Crippen LogP contribution in [0.3, 0.4) is 0 Å². The summed E-state index contributed by atoms with van der Waals surface area (Å²) in [5.41, 5.74) is 5.38. The summed E-state index contributed by atoms with van der Waals surface area (Å²) in [6.45, 7) is 5.73. The molecule has 0 bridgehead atoms. The molecule has 3 N–H and O–H groups in total. The molecule has 2 heterocycles. The molecule has 1 aliphatic rings. The molecule has 1 atom stereocenters. The molecule has 1 aliphatic heterocycles. The van der Waals surface area contributed by atoms with Gasteiger partial charge in [-0.2, -0.15) is 4.31 Å². The van der Waals surface area contributed by atoms with Crippen molar-refractivity contribution in [1.29, 1.82) is 0 Å². The Morgan fingerprint density at radius 3 is 2.36 bits per heavy atom. The summed E-state index contributed by atoms with van der Waals surface area (Å²) in [4.78, 5) is 25.2. The third-order valence-electron chi connectivity index (χ3n) is 4.42. The largest absolute Gasteiger partial charge is 0.364 e. The molecule has 0 spiro atoms. The predicted octanol–water partition coefficient (Wildman–Crippen LogP) is -1.05. The number of carbonyl (C=O) groups excluding carboxylic acids is 2. The Labute approximate surface area is 147 Å². The molecule has 1 aromatic heterocycles. The van der Waals surface area contributed by atoms with Crippen LogP contribution in [0.2, 0.25) is 0 Å². The lowest BCUT2D eigenvalue weighted by Crippen LogP contribution is -2.54. The van der Waals surface area contributed by atoms with Gasteiger partial charge in [0, 0.05) is 46.0 Å². The van der Waals surface area contributed by atoms with Gasteiger partial charge < -0.3 is 15.6 Å². The van der Waals surface area contributed by atoms with Crippen molar-refractivity contribution in [2.75, 3.05) is 32.7 Å². The zero-order chi connectivity index (χ0) is 18.8. The van der Waals surface area contributed by atoms with Gasteiger partial charge in [0.15, 0.2) is 0 Å². The maximum atomic E-state index is 12.8. The topological polar surface area (TPSA) is 118 Å². The highest BCUT2D eigenvalue weighted by molar-refractivity contribution is 7.89. The summed E-state index contributed by atoms with van der Waals surface area (Å²) < 4.78 is 28.3. The summed E-state index contributed by atoms with van der Waals surface area (Å²) >= 11 is 0. The first-order chi connectivity index (χ1) is 11.7. The van der Waals surface area contributed by atoms with Crippen LogP contribution in [-0.2, 0) is 21.9 Å². The van der Waals surface area contributed by atoms with Crippen LogP contribution in [0, 0.1) is 0 Å². The van der Waals surface area contributed by atoms with Crippen LogP contribution >= 0.6 is 0 Å². The van der Waals surface area contributed by atoms with Gasteiger partial charge in [-0.3, -0.25) is 14.5 Å². The Balaban J connectivity index is 2.08. The minimum absolute atomic E-state index is 0.0500. The van der Waals surface area contributed by atoms with E-state index in [-0.39, 0.29) is 35.6 Å². The summed E-state index contributed by atoms with van der Waals surface area (Å²) in [7, 11) is -2.12. The lowest BCUT2D eigenvalue weighted by Gasteiger charge is -2.36. The van der Waals surface area contributed by atoms with E-state index in [1.54, 1.807) is 7.05 Å². The van der Waals surface area contributed by atoms with Crippen LogP contribution in [0.4, 0.5) is 0 Å². The zero-order valence-corrected chi connectivity index (χ0v) is 15.5. The molecule has 2 amide bonds. The van der Waals surface area contributed by atoms with Gasteiger partial charge in [0.25, 0.3) is 5.91 Å². The minimum atomic E-state index is -3.70. The van der Waals surface area contributed by atoms with Crippen LogP contribution in [0.5, 0.6) is 0 Å². The smallest absolute Gasteiger partial charge is 0.265 e. The van der Waals surface area contributed by atoms with Gasteiger partial charge in [0.2, 0.25) is 15.9 Å². The third-order valence-corrected chi connectivity index (χ3v) is 6.29. The van der Waals surface area contributed by atoms with Crippen molar-refractivity contribution in [3.05, 3.63) is 18.0 Å². The molecular formula is C15H25N5O4S. The van der Waals surface area contributed by atoms with Gasteiger partial charge in [-0.15, -0.1) is 0 Å². The number of aromatic nitrogens is 1. The van der Waals surface area contributed by atoms with Crippen molar-refractivity contribution >= 4 is 21.8 Å². The molecule has 10 heteroatoms. The van der Waals surface area contributed by atoms with E-state index < -0.39 is 15.9 Å². The van der Waals surface area contributed by atoms with Gasteiger partial charge in [-0.05, 0) is 19.9 Å². The molecule has 1 aromatic rings. The molecular weight excluding hydrogens is 346 g/mol. The number of hydrogen-bond donors (Lipinski definition) is 2. The normalized spacial score (nSPS) is 18.0. The summed E-state index contributed by atoms with van der Waals surface area (Å²) in [6, 6.07) is 0.990. The van der Waals surface area contributed by atoms with Crippen LogP contribution in [0.15, 0.2) is 17.2 Å². The lowest BCUT2D eigenvalue weighted by atomic mass is 10.2. The van der Waals surface area contributed by atoms with Crippen LogP contribution < -0.4 is 11.1 Å². The second kappa shape index (κ2) is 7.54. The molecule has 1 fully saturated rings. The van der Waals surface area contributed by atoms with Crippen LogP contribution in [0.25, 0.3) is 0 Å². The van der Waals surface area contributed by atoms with Crippen molar-refractivity contribution in [3.8, 4) is 0 Å². The number of nitrogens with one attached hydrogen (secondary N) is 1. The monoisotopic (exact) mass is 371 g/mol. The zero-order valence-electron chi connectivity index (χ0n) is 14.7. The molecule has 0 saturated carbocycles. The number of rotatable bonds is 6. The number of likely N-dealkylation sites (N-methyl/N-ethyl adjacent to an activating group) is 1. The number of nitrogens with two attached hydrogens (primary N) is 1. The predicted molar refractivity (Wildman–Crippen MR) is 92.4 cm³/mol. The summed E-state index contributed by atoms with van der Waals surface area (Å²) in [6.07, 6.45) is 1.39. The highest BCUT2D eigenvalue weighted by atomic mass is 32.2. The van der Waals surface area contributed by atoms with Crippen LogP contribution in [-0.4, -0.2) is 72.8 Å². The number of piperazine rings is 1. The Bertz CT molecular complexity index is 750. The van der Waals surface area contributed by atoms with Gasteiger partial charge >= 0.3 is 0 Å². The fraction of sp³-hybridized carbons (Fsp3) is 0.600. The Morgan fingerprint density at radius 1 is 1.28 bits per heavy atom. The van der Waals surface area contributed by atoms with E-state index in [0.717, 1.165) is 0 Å². The third kappa shape index (κ3) is 4.02. The first kappa shape index (κ1) is 19.4. The van der Waals surface area contributed by atoms with Crippen molar-refractivity contribution in [2.45, 2.75) is 24.8 Å². The van der Waals surface area contributed by atoms with Gasteiger partial charge in [-0.1, -0.05) is 0 Å². The van der Waals surface area contributed by atoms with Crippen molar-refractivity contribution in [3.63, 3.8) is 0 Å². The fourth-order valence-corrected chi connectivity index (χ4v) is 4.38. The van der Waals surface area contributed by atoms with E-state index in [9.17, 15) is 18.0 Å². The maximum Gasteiger partial charge on any atom is 0.265 e. The first-order valence-electron chi connectivity index (χ1n) is 8.16. The average Bonchev–Trinajstić information content (AvgIpc) is 2.97. The first-order valence-corrected chi connectivity index (χ1v) is 9.60. The van der Waals surface area contributed by atoms with E-state index >= 15 is 0 Å². The summed E-state index contributed by atoms with van der Waals surface area (Å²) in [5.74, 6) is -0.738. The molecule has 2 rings (SSSR count). The van der Waals surface area contributed by atoms with Gasteiger partial charge in [0.1, 0.15) is 10.6 Å². The van der Waals surface area contributed by atoms with E-state index in [2.05, 4.69) is 5.32 Å². The number of amides is 2. The van der Waals surface area contributed by atoms with Gasteiger partial charge in [-0.25, -0.2) is 8.42 Å². The summed E-state index contributed by atoms with van der Waals surface area (Å²) in [5, 5.41) is 2.77. The molecule has 0 radical (unpaired) electrons. The molecule has 9 nitrogen and oxygen atoms in total. The number of carbonyl (C=O) groups is 2. The average molecular weight is 371 g/mol. The van der Waals surface area contributed by atoms with Crippen molar-refractivity contribution < 1.29 is 18.0 Å². The highest BCUT2D eigenvalue weighted by Gasteiger charge is 2.32. The van der Waals surface area contributed by atoms with Crippen molar-refractivity contribution in [1.82, 2.24) is 19.1 Å². The quantitative estimate of drug-likeness (QED) is 0.662. The maximum absolute atomic E-state index is 12.8. The Morgan fingerprint density at radius 2 is 1.88 bits per heavy atom. The van der Waals surface area contributed by atoms with Gasteiger partial charge in [0.05, 0.1) is 6.04 Å². The second-order valence-corrected chi connectivity index (χ2v) is 7.98. The lowest BCUT2D eigenvalue weighted by molar-refractivity contribution is -0.126. The molecule has 1 unspecified atom stereocenters. The number of primary amides is 1. The molecule has 140 valence electrons. The van der Waals surface area contributed by atoms with E-state index in [0.29, 0.717) is 19.6 Å². The Kier molecular flexibility index (Phi) is 5.86. The number of sulfonamides is 1. The Hall–Kier alpha value is -1.91. The second-order valence-electron chi connectivity index (χ2n) is 6.05. The number of nitrogens with zero attached hydrogens (tertiary/aromatic N) is 3. The molecule has 0 aliphatic carbocycles. The highest BCUT2D eigenvalue weighted by Crippen LogP contribution is 2.20. The molecule has 0 aromatic carbocycles. The molecule has 25 heavy (non-hydrogen) atoms. The standard InChI is InChI=1S/C15H25N5O4S/c1-4-17-15(22)11(2)19-5-7-20(8-6-19)25(23,24)12-9-13(14(16)21)18(3)10-12/h9-11H,4-8H2,1-3H3,(H2,16,21)(H,17,22). The minimum Gasteiger partial charge on any atom is -0.364 e. The van der Waals surface area contributed by atoms with E-state index in [1.807, 2.05) is 18.7 Å². The molecule has 1 saturated heterocycles. The SMILES string of the molecule is CCNC(=O)C(C)N1CCN(S(=O)(=O)c2cc(C(N)=O)n(C)c2)CC1. The fourth-order valence-electron chi connectivity index (χ4n) is 2.89. The van der Waals surface area contributed by atoms with Crippen LogP contribution in [0.1, 0.15) is 24.3 Å². The van der Waals surface area contributed by atoms with E-state index in [1.165, 1.54) is 21.1 Å². The van der Waals surface area contributed by atoms with E-state index in [4.69, 9.17) is 5.73 Å². The number of hydrogen-bond acceptors (Lipinski definition) is 5. The van der Waals surface area contributed by atoms with Crippen molar-refractivity contribution in [2.24, 2.45) is 12.8 Å². The number of aryl methyl sites for hydroxylation is 1.